The summed E-state index contributed by atoms with van der Waals surface area (Å²) in [6, 6.07) is 13.5. The summed E-state index contributed by atoms with van der Waals surface area (Å²) in [6.45, 7) is 0. The number of aromatic amines is 1. The van der Waals surface area contributed by atoms with Crippen molar-refractivity contribution in [3.63, 3.8) is 0 Å². The van der Waals surface area contributed by atoms with E-state index in [1.165, 1.54) is 0 Å². The van der Waals surface area contributed by atoms with E-state index in [0.29, 0.717) is 18.1 Å². The first kappa shape index (κ1) is 13.4. The minimum atomic E-state index is 0.560. The molecule has 0 aliphatic rings. The maximum atomic E-state index is 5.79. The van der Waals surface area contributed by atoms with Gasteiger partial charge in [-0.2, -0.15) is 0 Å². The van der Waals surface area contributed by atoms with Gasteiger partial charge in [0, 0.05) is 17.5 Å². The van der Waals surface area contributed by atoms with Crippen molar-refractivity contribution >= 4 is 11.1 Å². The normalized spacial score (nSPS) is 11.0. The Kier molecular flexibility index (Phi) is 3.23. The Morgan fingerprint density at radius 3 is 2.87 bits per heavy atom. The fourth-order valence-electron chi connectivity index (χ4n) is 2.45. The number of H-pyrrole nitrogens is 1. The molecule has 4 aromatic rings. The van der Waals surface area contributed by atoms with Gasteiger partial charge in [-0.05, 0) is 34.7 Å². The first-order valence-electron chi connectivity index (χ1n) is 7.09. The highest BCUT2D eigenvalue weighted by atomic mass is 16.5. The lowest BCUT2D eigenvalue weighted by atomic mass is 10.1. The van der Waals surface area contributed by atoms with E-state index >= 15 is 0 Å². The highest BCUT2D eigenvalue weighted by Gasteiger charge is 2.12. The number of nitrogens with one attached hydrogen (secondary N) is 1. The molecule has 0 aliphatic heterocycles. The van der Waals surface area contributed by atoms with Crippen molar-refractivity contribution < 1.29 is 9.15 Å². The summed E-state index contributed by atoms with van der Waals surface area (Å²) in [5.74, 6) is 1.98. The Morgan fingerprint density at radius 1 is 1.17 bits per heavy atom. The third-order valence-electron chi connectivity index (χ3n) is 3.58. The Hall–Kier alpha value is -3.22. The average molecular weight is 307 g/mol. The Labute approximate surface area is 131 Å². The third kappa shape index (κ3) is 2.52. The van der Waals surface area contributed by atoms with Gasteiger partial charge in [-0.25, -0.2) is 10.1 Å². The molecule has 0 unspecified atom stereocenters. The van der Waals surface area contributed by atoms with Crippen LogP contribution in [-0.2, 0) is 6.42 Å². The van der Waals surface area contributed by atoms with E-state index < -0.39 is 0 Å². The fourth-order valence-corrected chi connectivity index (χ4v) is 2.45. The molecule has 0 radical (unpaired) electrons. The number of ether oxygens (including phenoxy) is 1. The van der Waals surface area contributed by atoms with Gasteiger partial charge < -0.3 is 9.15 Å². The van der Waals surface area contributed by atoms with Crippen LogP contribution in [0.3, 0.4) is 0 Å². The monoisotopic (exact) mass is 307 g/mol. The molecule has 1 N–H and O–H groups in total. The summed E-state index contributed by atoms with van der Waals surface area (Å²) in [5.41, 5.74) is 3.43. The van der Waals surface area contributed by atoms with E-state index in [-0.39, 0.29) is 0 Å². The van der Waals surface area contributed by atoms with Gasteiger partial charge in [-0.1, -0.05) is 18.2 Å². The summed E-state index contributed by atoms with van der Waals surface area (Å²) in [5, 5.41) is 13.8. The molecule has 23 heavy (non-hydrogen) atoms. The lowest BCUT2D eigenvalue weighted by Gasteiger charge is -2.08. The van der Waals surface area contributed by atoms with Gasteiger partial charge in [-0.15, -0.1) is 5.10 Å². The van der Waals surface area contributed by atoms with Crippen molar-refractivity contribution in [2.75, 3.05) is 7.11 Å². The molecule has 2 aromatic carbocycles. The zero-order chi connectivity index (χ0) is 15.6. The molecule has 7 heteroatoms. The van der Waals surface area contributed by atoms with Crippen LogP contribution in [0.4, 0.5) is 0 Å². The molecule has 0 fully saturated rings. The van der Waals surface area contributed by atoms with Gasteiger partial charge in [0.15, 0.2) is 11.4 Å². The number of benzene rings is 2. The fraction of sp³-hybridized carbons (Fsp3) is 0.125. The van der Waals surface area contributed by atoms with Gasteiger partial charge in [0.1, 0.15) is 11.3 Å². The lowest BCUT2D eigenvalue weighted by molar-refractivity contribution is 0.410. The molecule has 2 aromatic heterocycles. The summed E-state index contributed by atoms with van der Waals surface area (Å²) >= 11 is 0. The molecule has 0 amide bonds. The Balaban J connectivity index is 1.72. The average Bonchev–Trinajstić information content (AvgIpc) is 3.24. The van der Waals surface area contributed by atoms with E-state index in [1.807, 2.05) is 42.5 Å². The van der Waals surface area contributed by atoms with E-state index in [2.05, 4.69) is 25.6 Å². The molecule has 2 heterocycles. The number of tetrazole rings is 1. The number of aromatic nitrogens is 5. The minimum absolute atomic E-state index is 0.560. The van der Waals surface area contributed by atoms with Crippen molar-refractivity contribution in [2.24, 2.45) is 0 Å². The standard InChI is InChI=1S/C16H13N5O2/c1-22-14-8-11(7-6-10(14)9-15-18-20-21-19-15)16-17-12-4-2-3-5-13(12)23-16/h2-8H,9H2,1H3,(H,18,19,20,21). The molecule has 0 saturated carbocycles. The highest BCUT2D eigenvalue weighted by molar-refractivity contribution is 5.76. The third-order valence-corrected chi connectivity index (χ3v) is 3.58. The molecule has 0 spiro atoms. The van der Waals surface area contributed by atoms with E-state index in [1.54, 1.807) is 7.11 Å². The van der Waals surface area contributed by atoms with E-state index in [0.717, 1.165) is 28.0 Å². The van der Waals surface area contributed by atoms with E-state index in [4.69, 9.17) is 9.15 Å². The second kappa shape index (κ2) is 5.53. The van der Waals surface area contributed by atoms with Crippen molar-refractivity contribution in [2.45, 2.75) is 6.42 Å². The number of fused-ring (bicyclic) bond motifs is 1. The van der Waals surface area contributed by atoms with Crippen LogP contribution in [-0.4, -0.2) is 32.7 Å². The number of nitrogens with zero attached hydrogens (tertiary/aromatic N) is 4. The lowest BCUT2D eigenvalue weighted by Crippen LogP contribution is -1.96. The molecule has 7 nitrogen and oxygen atoms in total. The van der Waals surface area contributed by atoms with Crippen LogP contribution in [0.5, 0.6) is 5.75 Å². The van der Waals surface area contributed by atoms with Gasteiger partial charge in [-0.3, -0.25) is 0 Å². The van der Waals surface area contributed by atoms with Crippen molar-refractivity contribution in [1.82, 2.24) is 25.6 Å². The van der Waals surface area contributed by atoms with Gasteiger partial charge >= 0.3 is 0 Å². The first-order valence-corrected chi connectivity index (χ1v) is 7.09. The van der Waals surface area contributed by atoms with Gasteiger partial charge in [0.2, 0.25) is 5.89 Å². The van der Waals surface area contributed by atoms with Crippen molar-refractivity contribution in [3.8, 4) is 17.2 Å². The number of hydrogen-bond donors (Lipinski definition) is 1. The largest absolute Gasteiger partial charge is 0.496 e. The minimum Gasteiger partial charge on any atom is -0.496 e. The molecule has 114 valence electrons. The van der Waals surface area contributed by atoms with Crippen LogP contribution in [0.25, 0.3) is 22.6 Å². The second-order valence-corrected chi connectivity index (χ2v) is 5.04. The highest BCUT2D eigenvalue weighted by Crippen LogP contribution is 2.29. The topological polar surface area (TPSA) is 89.7 Å². The number of hydrogen-bond acceptors (Lipinski definition) is 6. The molecule has 0 saturated heterocycles. The molecular weight excluding hydrogens is 294 g/mol. The quantitative estimate of drug-likeness (QED) is 0.623. The molecule has 4 rings (SSSR count). The molecule has 0 aliphatic carbocycles. The van der Waals surface area contributed by atoms with Crippen LogP contribution in [0, 0.1) is 0 Å². The van der Waals surface area contributed by atoms with Crippen LogP contribution in [0.15, 0.2) is 46.9 Å². The van der Waals surface area contributed by atoms with Crippen LogP contribution in [0.1, 0.15) is 11.4 Å². The number of rotatable bonds is 4. The molecule has 0 atom stereocenters. The Bertz CT molecular complexity index is 913. The van der Waals surface area contributed by atoms with E-state index in [9.17, 15) is 0 Å². The summed E-state index contributed by atoms with van der Waals surface area (Å²) < 4.78 is 11.3. The first-order chi connectivity index (χ1) is 11.3. The summed E-state index contributed by atoms with van der Waals surface area (Å²) in [7, 11) is 1.63. The van der Waals surface area contributed by atoms with Gasteiger partial charge in [0.25, 0.3) is 0 Å². The molecule has 0 bridgehead atoms. The second-order valence-electron chi connectivity index (χ2n) is 5.04. The number of methoxy groups -OCH3 is 1. The van der Waals surface area contributed by atoms with Gasteiger partial charge in [0.05, 0.1) is 7.11 Å². The smallest absolute Gasteiger partial charge is 0.227 e. The maximum Gasteiger partial charge on any atom is 0.227 e. The SMILES string of the molecule is COc1cc(-c2nc3ccccc3o2)ccc1Cc1nnn[nH]1. The van der Waals surface area contributed by atoms with Crippen molar-refractivity contribution in [1.29, 1.82) is 0 Å². The van der Waals surface area contributed by atoms with Crippen molar-refractivity contribution in [3.05, 3.63) is 53.9 Å². The Morgan fingerprint density at radius 2 is 2.09 bits per heavy atom. The van der Waals surface area contributed by atoms with Crippen LogP contribution < -0.4 is 4.74 Å². The number of oxazole rings is 1. The zero-order valence-corrected chi connectivity index (χ0v) is 12.4. The predicted molar refractivity (Wildman–Crippen MR) is 83.0 cm³/mol. The van der Waals surface area contributed by atoms with Crippen LogP contribution >= 0.6 is 0 Å². The number of para-hydroxylation sites is 2. The van der Waals surface area contributed by atoms with Crippen LogP contribution in [0.2, 0.25) is 0 Å². The molecular formula is C16H13N5O2. The maximum absolute atomic E-state index is 5.79. The summed E-state index contributed by atoms with van der Waals surface area (Å²) in [4.78, 5) is 4.50. The zero-order valence-electron chi connectivity index (χ0n) is 12.4. The summed E-state index contributed by atoms with van der Waals surface area (Å²) in [6.07, 6.45) is 0.560. The predicted octanol–water partition coefficient (Wildman–Crippen LogP) is 2.61.